The second-order valence-electron chi connectivity index (χ2n) is 3.63. The third-order valence-corrected chi connectivity index (χ3v) is 3.13. The van der Waals surface area contributed by atoms with Gasteiger partial charge in [-0.05, 0) is 25.8 Å². The van der Waals surface area contributed by atoms with Crippen molar-refractivity contribution < 1.29 is 4.43 Å². The van der Waals surface area contributed by atoms with Crippen molar-refractivity contribution in [2.75, 3.05) is 0 Å². The molecule has 0 aromatic heterocycles. The van der Waals surface area contributed by atoms with E-state index in [2.05, 4.69) is 38.1 Å². The molecule has 0 spiro atoms. The topological polar surface area (TPSA) is 9.23 Å². The van der Waals surface area contributed by atoms with Gasteiger partial charge >= 0.3 is 0 Å². The zero-order valence-electron chi connectivity index (χ0n) is 8.00. The molecular weight excluding hydrogens is 164 g/mol. The Labute approximate surface area is 77.3 Å². The minimum absolute atomic E-state index is 0.00752. The molecule has 1 aromatic carbocycles. The van der Waals surface area contributed by atoms with Gasteiger partial charge in [-0.2, -0.15) is 0 Å². The van der Waals surface area contributed by atoms with Gasteiger partial charge in [0.25, 0.3) is 0 Å². The molecule has 0 saturated carbocycles. The van der Waals surface area contributed by atoms with Gasteiger partial charge in [-0.15, -0.1) is 0 Å². The van der Waals surface area contributed by atoms with Crippen LogP contribution in [-0.2, 0) is 10.8 Å². The maximum Gasteiger partial charge on any atom is 0.146 e. The van der Waals surface area contributed by atoms with E-state index in [0.29, 0.717) is 0 Å². The molecule has 1 aromatic rings. The van der Waals surface area contributed by atoms with E-state index in [9.17, 15) is 0 Å². The van der Waals surface area contributed by atoms with Gasteiger partial charge in [0, 0.05) is 0 Å². The fraction of sp³-hybridized carbons (Fsp3) is 0.400. The number of hydrogen-bond acceptors (Lipinski definition) is 1. The number of benzene rings is 1. The minimum atomic E-state index is 0.00752. The summed E-state index contributed by atoms with van der Waals surface area (Å²) in [4.78, 5) is 0. The average molecular weight is 180 g/mol. The first-order valence-electron chi connectivity index (χ1n) is 4.23. The molecule has 0 atom stereocenters. The molecule has 0 unspecified atom stereocenters. The molecule has 0 amide bonds. The summed E-state index contributed by atoms with van der Waals surface area (Å²) in [7, 11) is 0.808. The van der Waals surface area contributed by atoms with Gasteiger partial charge in [-0.25, -0.2) is 0 Å². The number of rotatable bonds is 3. The van der Waals surface area contributed by atoms with Crippen molar-refractivity contribution in [1.82, 2.24) is 0 Å². The third-order valence-electron chi connectivity index (χ3n) is 2.03. The highest BCUT2D eigenvalue weighted by molar-refractivity contribution is 5.98. The third kappa shape index (κ3) is 2.79. The highest BCUT2D eigenvalue weighted by Gasteiger charge is 2.15. The smallest absolute Gasteiger partial charge is 0.146 e. The van der Waals surface area contributed by atoms with Crippen LogP contribution in [0.25, 0.3) is 0 Å². The molecule has 0 N–H and O–H groups in total. The summed E-state index contributed by atoms with van der Waals surface area (Å²) in [6, 6.07) is 10.5. The van der Waals surface area contributed by atoms with Crippen molar-refractivity contribution >= 4 is 10.5 Å². The highest BCUT2D eigenvalue weighted by Crippen LogP contribution is 2.14. The van der Waals surface area contributed by atoms with E-state index < -0.39 is 0 Å². The van der Waals surface area contributed by atoms with Crippen LogP contribution in [0.4, 0.5) is 0 Å². The van der Waals surface area contributed by atoms with E-state index in [1.54, 1.807) is 0 Å². The van der Waals surface area contributed by atoms with Gasteiger partial charge in [0.2, 0.25) is 0 Å². The Balaban J connectivity index is 2.64. The SMILES string of the molecule is CC(C)(Cc1ccccc1)O[SiH3]. The van der Waals surface area contributed by atoms with Crippen molar-refractivity contribution in [1.29, 1.82) is 0 Å². The van der Waals surface area contributed by atoms with Crippen LogP contribution in [0.2, 0.25) is 0 Å². The molecule has 0 aliphatic rings. The fourth-order valence-corrected chi connectivity index (χ4v) is 1.30. The average Bonchev–Trinajstić information content (AvgIpc) is 2.06. The molecule has 0 aliphatic heterocycles. The summed E-state index contributed by atoms with van der Waals surface area (Å²) in [6.45, 7) is 4.26. The van der Waals surface area contributed by atoms with E-state index in [1.807, 2.05) is 6.07 Å². The van der Waals surface area contributed by atoms with E-state index in [1.165, 1.54) is 5.56 Å². The largest absolute Gasteiger partial charge is 0.423 e. The normalized spacial score (nSPS) is 11.8. The maximum atomic E-state index is 5.48. The molecule has 0 fully saturated rings. The Morgan fingerprint density at radius 3 is 2.33 bits per heavy atom. The molecule has 0 bridgehead atoms. The highest BCUT2D eigenvalue weighted by atomic mass is 28.2. The second-order valence-corrected chi connectivity index (χ2v) is 4.03. The van der Waals surface area contributed by atoms with Gasteiger partial charge in [-0.1, -0.05) is 30.3 Å². The zero-order chi connectivity index (χ0) is 9.03. The molecule has 12 heavy (non-hydrogen) atoms. The summed E-state index contributed by atoms with van der Waals surface area (Å²) in [5, 5.41) is 0. The summed E-state index contributed by atoms with van der Waals surface area (Å²) in [5.41, 5.74) is 1.35. The summed E-state index contributed by atoms with van der Waals surface area (Å²) >= 11 is 0. The van der Waals surface area contributed by atoms with Crippen LogP contribution < -0.4 is 0 Å². The van der Waals surface area contributed by atoms with Crippen molar-refractivity contribution in [2.24, 2.45) is 0 Å². The van der Waals surface area contributed by atoms with Crippen LogP contribution in [0, 0.1) is 0 Å². The van der Waals surface area contributed by atoms with Gasteiger partial charge in [0.05, 0.1) is 5.60 Å². The first kappa shape index (κ1) is 9.48. The Bertz CT molecular complexity index is 231. The van der Waals surface area contributed by atoms with E-state index >= 15 is 0 Å². The van der Waals surface area contributed by atoms with Crippen molar-refractivity contribution in [2.45, 2.75) is 25.9 Å². The molecular formula is C10H16OSi. The molecule has 0 radical (unpaired) electrons. The predicted molar refractivity (Wildman–Crippen MR) is 55.2 cm³/mol. The molecule has 1 nitrogen and oxygen atoms in total. The number of hydrogen-bond donors (Lipinski definition) is 0. The van der Waals surface area contributed by atoms with Crippen LogP contribution in [0.5, 0.6) is 0 Å². The van der Waals surface area contributed by atoms with Gasteiger partial charge < -0.3 is 4.43 Å². The minimum Gasteiger partial charge on any atom is -0.423 e. The Morgan fingerprint density at radius 1 is 1.25 bits per heavy atom. The molecule has 1 rings (SSSR count). The Kier molecular flexibility index (Phi) is 3.06. The van der Waals surface area contributed by atoms with E-state index in [-0.39, 0.29) is 5.60 Å². The summed E-state index contributed by atoms with van der Waals surface area (Å²) < 4.78 is 5.48. The lowest BCUT2D eigenvalue weighted by atomic mass is 9.99. The lowest BCUT2D eigenvalue weighted by Gasteiger charge is -2.23. The quantitative estimate of drug-likeness (QED) is 0.637. The van der Waals surface area contributed by atoms with Crippen molar-refractivity contribution in [3.05, 3.63) is 35.9 Å². The first-order valence-corrected chi connectivity index (χ1v) is 5.05. The van der Waals surface area contributed by atoms with Crippen LogP contribution >= 0.6 is 0 Å². The lowest BCUT2D eigenvalue weighted by molar-refractivity contribution is 0.124. The zero-order valence-corrected chi connectivity index (χ0v) is 10.0. The van der Waals surface area contributed by atoms with Crippen LogP contribution in [0.15, 0.2) is 30.3 Å². The van der Waals surface area contributed by atoms with Crippen LogP contribution in [0.3, 0.4) is 0 Å². The standard InChI is InChI=1S/C10H16OSi/c1-10(2,11-12)8-9-6-4-3-5-7-9/h3-7H,8H2,1-2,12H3. The van der Waals surface area contributed by atoms with Crippen molar-refractivity contribution in [3.8, 4) is 0 Å². The van der Waals surface area contributed by atoms with Crippen molar-refractivity contribution in [3.63, 3.8) is 0 Å². The summed E-state index contributed by atoms with van der Waals surface area (Å²) in [6.07, 6.45) is 0.997. The fourth-order valence-electron chi connectivity index (χ4n) is 1.16. The monoisotopic (exact) mass is 180 g/mol. The summed E-state index contributed by atoms with van der Waals surface area (Å²) in [5.74, 6) is 0. The van der Waals surface area contributed by atoms with Gasteiger partial charge in [-0.3, -0.25) is 0 Å². The van der Waals surface area contributed by atoms with E-state index in [4.69, 9.17) is 4.43 Å². The Morgan fingerprint density at radius 2 is 1.83 bits per heavy atom. The lowest BCUT2D eigenvalue weighted by Crippen LogP contribution is -2.25. The molecule has 0 aliphatic carbocycles. The molecule has 2 heteroatoms. The maximum absolute atomic E-state index is 5.48. The van der Waals surface area contributed by atoms with Crippen LogP contribution in [-0.4, -0.2) is 16.1 Å². The van der Waals surface area contributed by atoms with Crippen LogP contribution in [0.1, 0.15) is 19.4 Å². The molecule has 66 valence electrons. The van der Waals surface area contributed by atoms with E-state index in [0.717, 1.165) is 16.9 Å². The first-order chi connectivity index (χ1) is 5.64. The second kappa shape index (κ2) is 3.87. The molecule has 0 heterocycles. The Hall–Kier alpha value is -0.603. The predicted octanol–water partition coefficient (Wildman–Crippen LogP) is 1.30. The molecule has 0 saturated heterocycles. The van der Waals surface area contributed by atoms with Gasteiger partial charge in [0.15, 0.2) is 0 Å². The van der Waals surface area contributed by atoms with Gasteiger partial charge in [0.1, 0.15) is 10.5 Å².